The summed E-state index contributed by atoms with van der Waals surface area (Å²) in [7, 11) is 0. The van der Waals surface area contributed by atoms with Crippen LogP contribution in [-0.4, -0.2) is 42.0 Å². The molecule has 0 atom stereocenters. The molecule has 4 nitrogen and oxygen atoms in total. The minimum atomic E-state index is 0.0191. The van der Waals surface area contributed by atoms with Gasteiger partial charge in [0.1, 0.15) is 0 Å². The van der Waals surface area contributed by atoms with Crippen molar-refractivity contribution < 1.29 is 4.79 Å². The van der Waals surface area contributed by atoms with Gasteiger partial charge in [-0.05, 0) is 56.3 Å². The van der Waals surface area contributed by atoms with Crippen LogP contribution in [0.1, 0.15) is 42.3 Å². The van der Waals surface area contributed by atoms with E-state index < -0.39 is 0 Å². The van der Waals surface area contributed by atoms with Gasteiger partial charge in [0, 0.05) is 18.7 Å². The number of aromatic nitrogens is 1. The lowest BCUT2D eigenvalue weighted by molar-refractivity contribution is 0.0983. The van der Waals surface area contributed by atoms with Crippen LogP contribution < -0.4 is 4.90 Å². The smallest absolute Gasteiger partial charge is 0.260 e. The number of likely N-dealkylation sites (N-methyl/N-ethyl adjacent to an activating group) is 1. The monoisotopic (exact) mass is 395 g/mol. The number of thiazole rings is 1. The maximum atomic E-state index is 13.4. The van der Waals surface area contributed by atoms with Crippen LogP contribution in [0, 0.1) is 6.92 Å². The number of fused-ring (bicyclic) bond motifs is 1. The van der Waals surface area contributed by atoms with E-state index in [0.717, 1.165) is 47.0 Å². The summed E-state index contributed by atoms with van der Waals surface area (Å²) in [6.45, 7) is 11.9. The fourth-order valence-corrected chi connectivity index (χ4v) is 4.35. The molecule has 0 fully saturated rings. The minimum Gasteiger partial charge on any atom is -0.302 e. The molecule has 28 heavy (non-hydrogen) atoms. The number of aryl methyl sites for hydroxylation is 2. The zero-order chi connectivity index (χ0) is 20.1. The Morgan fingerprint density at radius 2 is 1.82 bits per heavy atom. The van der Waals surface area contributed by atoms with Gasteiger partial charge in [-0.15, -0.1) is 0 Å². The van der Waals surface area contributed by atoms with E-state index in [1.807, 2.05) is 36.1 Å². The zero-order valence-corrected chi connectivity index (χ0v) is 18.1. The summed E-state index contributed by atoms with van der Waals surface area (Å²) >= 11 is 1.60. The number of hydrogen-bond acceptors (Lipinski definition) is 4. The largest absolute Gasteiger partial charge is 0.302 e. The van der Waals surface area contributed by atoms with Crippen molar-refractivity contribution >= 4 is 32.6 Å². The van der Waals surface area contributed by atoms with E-state index in [-0.39, 0.29) is 5.91 Å². The van der Waals surface area contributed by atoms with Crippen LogP contribution >= 0.6 is 11.3 Å². The second-order valence-corrected chi connectivity index (χ2v) is 8.01. The first-order chi connectivity index (χ1) is 13.5. The molecule has 0 unspecified atom stereocenters. The van der Waals surface area contributed by atoms with Crippen molar-refractivity contribution in [3.05, 3.63) is 59.2 Å². The molecule has 0 saturated heterocycles. The van der Waals surface area contributed by atoms with Gasteiger partial charge in [-0.25, -0.2) is 4.98 Å². The van der Waals surface area contributed by atoms with E-state index in [1.165, 1.54) is 5.56 Å². The van der Waals surface area contributed by atoms with Crippen LogP contribution in [0.15, 0.2) is 42.5 Å². The molecule has 0 spiro atoms. The van der Waals surface area contributed by atoms with Crippen LogP contribution in [0.5, 0.6) is 0 Å². The van der Waals surface area contributed by atoms with E-state index in [9.17, 15) is 4.79 Å². The molecule has 2 aromatic carbocycles. The third-order valence-electron chi connectivity index (χ3n) is 5.13. The van der Waals surface area contributed by atoms with Gasteiger partial charge in [0.25, 0.3) is 5.91 Å². The zero-order valence-electron chi connectivity index (χ0n) is 17.2. The second kappa shape index (κ2) is 9.30. The Bertz CT molecular complexity index is 946. The first kappa shape index (κ1) is 20.5. The van der Waals surface area contributed by atoms with Crippen molar-refractivity contribution in [3.63, 3.8) is 0 Å². The summed E-state index contributed by atoms with van der Waals surface area (Å²) < 4.78 is 1.14. The third-order valence-corrected chi connectivity index (χ3v) is 6.17. The molecule has 1 aromatic heterocycles. The lowest BCUT2D eigenvalue weighted by Gasteiger charge is -2.24. The number of benzene rings is 2. The Labute approximate surface area is 171 Å². The molecule has 1 amide bonds. The van der Waals surface area contributed by atoms with E-state index in [1.54, 1.807) is 11.3 Å². The Hall–Kier alpha value is -2.24. The quantitative estimate of drug-likeness (QED) is 0.529. The summed E-state index contributed by atoms with van der Waals surface area (Å²) in [5, 5.41) is 0.780. The predicted molar refractivity (Wildman–Crippen MR) is 120 cm³/mol. The van der Waals surface area contributed by atoms with Gasteiger partial charge in [-0.1, -0.05) is 55.9 Å². The Morgan fingerprint density at radius 1 is 1.04 bits per heavy atom. The lowest BCUT2D eigenvalue weighted by Crippen LogP contribution is -2.38. The number of carbonyl (C=O) groups is 1. The molecule has 3 aromatic rings. The normalized spacial score (nSPS) is 11.3. The van der Waals surface area contributed by atoms with Gasteiger partial charge in [0.05, 0.1) is 10.2 Å². The summed E-state index contributed by atoms with van der Waals surface area (Å²) in [6, 6.07) is 14.2. The molecule has 0 radical (unpaired) electrons. The molecule has 0 bridgehead atoms. The fraction of sp³-hybridized carbons (Fsp3) is 0.391. The maximum Gasteiger partial charge on any atom is 0.260 e. The van der Waals surface area contributed by atoms with Crippen molar-refractivity contribution in [2.24, 2.45) is 0 Å². The molecular weight excluding hydrogens is 366 g/mol. The number of amides is 1. The average molecular weight is 396 g/mol. The molecular formula is C23H29N3OS. The topological polar surface area (TPSA) is 36.4 Å². The molecule has 0 aliphatic heterocycles. The Morgan fingerprint density at radius 3 is 2.50 bits per heavy atom. The van der Waals surface area contributed by atoms with E-state index in [0.29, 0.717) is 12.1 Å². The maximum absolute atomic E-state index is 13.4. The van der Waals surface area contributed by atoms with Crippen molar-refractivity contribution in [1.29, 1.82) is 0 Å². The van der Waals surface area contributed by atoms with Gasteiger partial charge in [-0.3, -0.25) is 9.69 Å². The molecule has 148 valence electrons. The van der Waals surface area contributed by atoms with Crippen molar-refractivity contribution in [2.45, 2.75) is 34.1 Å². The molecule has 0 aliphatic rings. The van der Waals surface area contributed by atoms with Crippen LogP contribution in [0.3, 0.4) is 0 Å². The van der Waals surface area contributed by atoms with Crippen LogP contribution in [0.4, 0.5) is 5.13 Å². The van der Waals surface area contributed by atoms with Crippen LogP contribution in [0.25, 0.3) is 10.2 Å². The van der Waals surface area contributed by atoms with Crippen LogP contribution in [-0.2, 0) is 6.42 Å². The summed E-state index contributed by atoms with van der Waals surface area (Å²) in [5.41, 5.74) is 4.06. The summed E-state index contributed by atoms with van der Waals surface area (Å²) in [4.78, 5) is 22.3. The number of anilines is 1. The first-order valence-corrected chi connectivity index (χ1v) is 10.9. The third kappa shape index (κ3) is 4.59. The Kier molecular flexibility index (Phi) is 6.81. The summed E-state index contributed by atoms with van der Waals surface area (Å²) in [5.74, 6) is 0.0191. The molecule has 1 heterocycles. The van der Waals surface area contributed by atoms with Crippen molar-refractivity contribution in [3.8, 4) is 0 Å². The number of rotatable bonds is 8. The minimum absolute atomic E-state index is 0.0191. The number of hydrogen-bond donors (Lipinski definition) is 0. The highest BCUT2D eigenvalue weighted by Gasteiger charge is 2.22. The van der Waals surface area contributed by atoms with Gasteiger partial charge >= 0.3 is 0 Å². The summed E-state index contributed by atoms with van der Waals surface area (Å²) in [6.07, 6.45) is 0.997. The fourth-order valence-electron chi connectivity index (χ4n) is 3.29. The standard InChI is InChI=1S/C23H29N3OS/c1-5-18-11-12-20-21(16-18)28-23(24-20)26(14-13-25(6-2)7-3)22(27)19-10-8-9-17(4)15-19/h8-12,15-16H,5-7,13-14H2,1-4H3. The van der Waals surface area contributed by atoms with Gasteiger partial charge in [-0.2, -0.15) is 0 Å². The molecule has 0 N–H and O–H groups in total. The van der Waals surface area contributed by atoms with Gasteiger partial charge < -0.3 is 4.90 Å². The van der Waals surface area contributed by atoms with E-state index >= 15 is 0 Å². The van der Waals surface area contributed by atoms with Crippen molar-refractivity contribution in [1.82, 2.24) is 9.88 Å². The second-order valence-electron chi connectivity index (χ2n) is 7.01. The van der Waals surface area contributed by atoms with Gasteiger partial charge in [0.2, 0.25) is 0 Å². The van der Waals surface area contributed by atoms with E-state index in [2.05, 4.69) is 43.9 Å². The lowest BCUT2D eigenvalue weighted by atomic mass is 10.1. The predicted octanol–water partition coefficient (Wildman–Crippen LogP) is 5.16. The van der Waals surface area contributed by atoms with Gasteiger partial charge in [0.15, 0.2) is 5.13 Å². The molecule has 3 rings (SSSR count). The molecule has 0 aliphatic carbocycles. The number of carbonyl (C=O) groups excluding carboxylic acids is 1. The highest BCUT2D eigenvalue weighted by atomic mass is 32.1. The highest BCUT2D eigenvalue weighted by molar-refractivity contribution is 7.22. The SMILES string of the molecule is CCc1ccc2nc(N(CCN(CC)CC)C(=O)c3cccc(C)c3)sc2c1. The number of nitrogens with zero attached hydrogens (tertiary/aromatic N) is 3. The van der Waals surface area contributed by atoms with E-state index in [4.69, 9.17) is 4.98 Å². The average Bonchev–Trinajstić information content (AvgIpc) is 3.13. The van der Waals surface area contributed by atoms with Crippen LogP contribution in [0.2, 0.25) is 0 Å². The molecule has 0 saturated carbocycles. The highest BCUT2D eigenvalue weighted by Crippen LogP contribution is 2.30. The first-order valence-electron chi connectivity index (χ1n) is 10.1. The molecule has 5 heteroatoms. The Balaban J connectivity index is 1.96. The van der Waals surface area contributed by atoms with Crippen molar-refractivity contribution in [2.75, 3.05) is 31.1 Å².